The quantitative estimate of drug-likeness (QED) is 0.865. The van der Waals surface area contributed by atoms with Gasteiger partial charge in [0.1, 0.15) is 15.7 Å². The molecule has 0 bridgehead atoms. The monoisotopic (exact) mass is 274 g/mol. The molecule has 0 heterocycles. The summed E-state index contributed by atoms with van der Waals surface area (Å²) in [6.07, 6.45) is 0.532. The van der Waals surface area contributed by atoms with Gasteiger partial charge in [-0.25, -0.2) is 12.8 Å². The molecule has 0 saturated carbocycles. The van der Waals surface area contributed by atoms with E-state index in [-0.39, 0.29) is 23.5 Å². The Bertz CT molecular complexity index is 495. The molecule has 18 heavy (non-hydrogen) atoms. The zero-order valence-corrected chi connectivity index (χ0v) is 11.5. The second kappa shape index (κ2) is 5.80. The Morgan fingerprint density at radius 2 is 1.94 bits per heavy atom. The molecule has 0 amide bonds. The molecule has 0 spiro atoms. The number of hydrogen-bond donors (Lipinski definition) is 1. The zero-order chi connectivity index (χ0) is 13.8. The fourth-order valence-corrected chi connectivity index (χ4v) is 2.69. The molecule has 0 aliphatic carbocycles. The van der Waals surface area contributed by atoms with Crippen LogP contribution in [-0.4, -0.2) is 25.0 Å². The van der Waals surface area contributed by atoms with E-state index >= 15 is 0 Å². The van der Waals surface area contributed by atoms with Crippen LogP contribution in [0.1, 0.15) is 32.3 Å². The molecule has 3 nitrogen and oxygen atoms in total. The van der Waals surface area contributed by atoms with Gasteiger partial charge in [0.25, 0.3) is 0 Å². The van der Waals surface area contributed by atoms with E-state index in [1.165, 1.54) is 19.1 Å². The molecule has 0 saturated heterocycles. The van der Waals surface area contributed by atoms with Crippen molar-refractivity contribution in [1.82, 2.24) is 0 Å². The SMILES string of the molecule is CCS(=O)(=O)CCCC(C)(O)c1ccccc1F. The first-order valence-corrected chi connectivity index (χ1v) is 7.78. The van der Waals surface area contributed by atoms with Crippen LogP contribution in [0.5, 0.6) is 0 Å². The largest absolute Gasteiger partial charge is 0.385 e. The topological polar surface area (TPSA) is 54.4 Å². The highest BCUT2D eigenvalue weighted by molar-refractivity contribution is 7.91. The lowest BCUT2D eigenvalue weighted by molar-refractivity contribution is 0.0435. The summed E-state index contributed by atoms with van der Waals surface area (Å²) in [4.78, 5) is 0. The zero-order valence-electron chi connectivity index (χ0n) is 10.7. The van der Waals surface area contributed by atoms with Crippen LogP contribution >= 0.6 is 0 Å². The highest BCUT2D eigenvalue weighted by Crippen LogP contribution is 2.28. The Morgan fingerprint density at radius 1 is 1.33 bits per heavy atom. The minimum absolute atomic E-state index is 0.0219. The summed E-state index contributed by atoms with van der Waals surface area (Å²) in [6.45, 7) is 3.09. The summed E-state index contributed by atoms with van der Waals surface area (Å²) in [5, 5.41) is 10.2. The third-order valence-electron chi connectivity index (χ3n) is 3.01. The number of benzene rings is 1. The van der Waals surface area contributed by atoms with Gasteiger partial charge in [0.15, 0.2) is 0 Å². The van der Waals surface area contributed by atoms with Crippen molar-refractivity contribution in [2.24, 2.45) is 0 Å². The first-order chi connectivity index (χ1) is 8.28. The highest BCUT2D eigenvalue weighted by atomic mass is 32.2. The Kier molecular flexibility index (Phi) is 4.87. The van der Waals surface area contributed by atoms with Crippen LogP contribution < -0.4 is 0 Å². The molecule has 0 fully saturated rings. The minimum Gasteiger partial charge on any atom is -0.385 e. The Labute approximate surface area is 108 Å². The van der Waals surface area contributed by atoms with Crippen molar-refractivity contribution in [3.8, 4) is 0 Å². The average molecular weight is 274 g/mol. The van der Waals surface area contributed by atoms with Gasteiger partial charge >= 0.3 is 0 Å². The van der Waals surface area contributed by atoms with Crippen LogP contribution in [0.25, 0.3) is 0 Å². The molecule has 5 heteroatoms. The van der Waals surface area contributed by atoms with Gasteiger partial charge < -0.3 is 5.11 Å². The first-order valence-electron chi connectivity index (χ1n) is 5.96. The van der Waals surface area contributed by atoms with E-state index in [0.29, 0.717) is 6.42 Å². The molecule has 102 valence electrons. The molecule has 1 N–H and O–H groups in total. The van der Waals surface area contributed by atoms with Gasteiger partial charge in [0.2, 0.25) is 0 Å². The van der Waals surface area contributed by atoms with Crippen LogP contribution in [0.3, 0.4) is 0 Å². The van der Waals surface area contributed by atoms with Gasteiger partial charge in [-0.3, -0.25) is 0 Å². The maximum absolute atomic E-state index is 13.5. The van der Waals surface area contributed by atoms with Crippen molar-refractivity contribution in [3.05, 3.63) is 35.6 Å². The molecule has 0 radical (unpaired) electrons. The van der Waals surface area contributed by atoms with E-state index in [1.807, 2.05) is 0 Å². The van der Waals surface area contributed by atoms with Crippen molar-refractivity contribution < 1.29 is 17.9 Å². The van der Waals surface area contributed by atoms with Crippen LogP contribution in [0.15, 0.2) is 24.3 Å². The van der Waals surface area contributed by atoms with Crippen molar-refractivity contribution in [3.63, 3.8) is 0 Å². The predicted octanol–water partition coefficient (Wildman–Crippen LogP) is 2.25. The summed E-state index contributed by atoms with van der Waals surface area (Å²) in [7, 11) is -3.04. The Balaban J connectivity index is 2.69. The van der Waals surface area contributed by atoms with Crippen molar-refractivity contribution in [2.45, 2.75) is 32.3 Å². The maximum atomic E-state index is 13.5. The van der Waals surface area contributed by atoms with Crippen molar-refractivity contribution in [2.75, 3.05) is 11.5 Å². The van der Waals surface area contributed by atoms with Crippen LogP contribution in [0.2, 0.25) is 0 Å². The van der Waals surface area contributed by atoms with Gasteiger partial charge in [-0.15, -0.1) is 0 Å². The lowest BCUT2D eigenvalue weighted by Crippen LogP contribution is -2.24. The van der Waals surface area contributed by atoms with E-state index in [0.717, 1.165) is 0 Å². The minimum atomic E-state index is -3.04. The third-order valence-corrected chi connectivity index (χ3v) is 4.80. The Hall–Kier alpha value is -0.940. The van der Waals surface area contributed by atoms with Crippen LogP contribution in [-0.2, 0) is 15.4 Å². The van der Waals surface area contributed by atoms with E-state index in [2.05, 4.69) is 0 Å². The predicted molar refractivity (Wildman–Crippen MR) is 69.5 cm³/mol. The molecule has 1 unspecified atom stereocenters. The lowest BCUT2D eigenvalue weighted by Gasteiger charge is -2.24. The van der Waals surface area contributed by atoms with E-state index in [4.69, 9.17) is 0 Å². The number of sulfone groups is 1. The summed E-state index contributed by atoms with van der Waals surface area (Å²) < 4.78 is 36.2. The first kappa shape index (κ1) is 15.1. The number of aliphatic hydroxyl groups is 1. The fraction of sp³-hybridized carbons (Fsp3) is 0.538. The van der Waals surface area contributed by atoms with Crippen molar-refractivity contribution >= 4 is 9.84 Å². The normalized spacial score (nSPS) is 15.3. The van der Waals surface area contributed by atoms with Crippen LogP contribution in [0, 0.1) is 5.82 Å². The Morgan fingerprint density at radius 3 is 2.50 bits per heavy atom. The molecule has 0 aliphatic heterocycles. The van der Waals surface area contributed by atoms with Gasteiger partial charge in [-0.2, -0.15) is 0 Å². The summed E-state index contributed by atoms with van der Waals surface area (Å²) >= 11 is 0. The molecule has 0 aromatic heterocycles. The summed E-state index contributed by atoms with van der Waals surface area (Å²) in [6, 6.07) is 6.00. The van der Waals surface area contributed by atoms with Gasteiger partial charge in [0, 0.05) is 11.3 Å². The second-order valence-electron chi connectivity index (χ2n) is 4.59. The summed E-state index contributed by atoms with van der Waals surface area (Å²) in [5.74, 6) is -0.357. The van der Waals surface area contributed by atoms with Gasteiger partial charge in [-0.1, -0.05) is 25.1 Å². The number of halogens is 1. The smallest absolute Gasteiger partial charge is 0.150 e. The van der Waals surface area contributed by atoms with Gasteiger partial charge in [-0.05, 0) is 25.8 Å². The highest BCUT2D eigenvalue weighted by Gasteiger charge is 2.26. The summed E-state index contributed by atoms with van der Waals surface area (Å²) in [5.41, 5.74) is -1.13. The molecule has 0 aliphatic rings. The average Bonchev–Trinajstić information content (AvgIpc) is 2.29. The molecular weight excluding hydrogens is 255 g/mol. The lowest BCUT2D eigenvalue weighted by atomic mass is 9.91. The van der Waals surface area contributed by atoms with E-state index in [1.54, 1.807) is 19.1 Å². The molecular formula is C13H19FO3S. The third kappa shape index (κ3) is 4.07. The van der Waals surface area contributed by atoms with Gasteiger partial charge in [0.05, 0.1) is 11.4 Å². The standard InChI is InChI=1S/C13H19FO3S/c1-3-18(16,17)10-6-9-13(2,15)11-7-4-5-8-12(11)14/h4-5,7-8,15H,3,6,9-10H2,1-2H3. The molecule has 1 aromatic carbocycles. The van der Waals surface area contributed by atoms with Crippen molar-refractivity contribution in [1.29, 1.82) is 0 Å². The van der Waals surface area contributed by atoms with E-state index < -0.39 is 21.3 Å². The number of hydrogen-bond acceptors (Lipinski definition) is 3. The van der Waals surface area contributed by atoms with Crippen LogP contribution in [0.4, 0.5) is 4.39 Å². The molecule has 1 atom stereocenters. The second-order valence-corrected chi connectivity index (χ2v) is 7.07. The molecule has 1 rings (SSSR count). The molecule has 1 aromatic rings. The maximum Gasteiger partial charge on any atom is 0.150 e. The van der Waals surface area contributed by atoms with E-state index in [9.17, 15) is 17.9 Å². The fourth-order valence-electron chi connectivity index (χ4n) is 1.81. The number of rotatable bonds is 6.